The maximum absolute atomic E-state index is 12.5. The first-order chi connectivity index (χ1) is 17.2. The second kappa shape index (κ2) is 11.8. The molecule has 1 fully saturated rings. The highest BCUT2D eigenvalue weighted by molar-refractivity contribution is 6.00. The van der Waals surface area contributed by atoms with E-state index in [0.717, 1.165) is 0 Å². The second-order valence-electron chi connectivity index (χ2n) is 7.88. The third-order valence-electron chi connectivity index (χ3n) is 5.33. The highest BCUT2D eigenvalue weighted by atomic mass is 16.6. The van der Waals surface area contributed by atoms with E-state index in [2.05, 4.69) is 5.32 Å². The Hall–Kier alpha value is -4.48. The van der Waals surface area contributed by atoms with Gasteiger partial charge in [0.2, 0.25) is 5.91 Å². The van der Waals surface area contributed by atoms with Crippen molar-refractivity contribution >= 4 is 40.8 Å². The number of amides is 2. The van der Waals surface area contributed by atoms with E-state index in [1.165, 1.54) is 42.3 Å². The van der Waals surface area contributed by atoms with Crippen LogP contribution in [0.15, 0.2) is 42.5 Å². The molecular formula is C24H25N3O9. The number of carbonyl (C=O) groups is 4. The molecule has 2 aromatic carbocycles. The molecule has 0 aliphatic carbocycles. The lowest BCUT2D eigenvalue weighted by molar-refractivity contribution is -0.383. The van der Waals surface area contributed by atoms with E-state index < -0.39 is 35.3 Å². The van der Waals surface area contributed by atoms with Gasteiger partial charge in [0.25, 0.3) is 11.6 Å². The summed E-state index contributed by atoms with van der Waals surface area (Å²) in [7, 11) is 1.37. The number of nitro groups is 1. The summed E-state index contributed by atoms with van der Waals surface area (Å²) >= 11 is 0. The molecule has 0 saturated carbocycles. The maximum atomic E-state index is 12.5. The van der Waals surface area contributed by atoms with Crippen molar-refractivity contribution in [1.82, 2.24) is 0 Å². The first-order valence-corrected chi connectivity index (χ1v) is 11.1. The van der Waals surface area contributed by atoms with Gasteiger partial charge in [0.15, 0.2) is 6.61 Å². The summed E-state index contributed by atoms with van der Waals surface area (Å²) < 4.78 is 15.1. The summed E-state index contributed by atoms with van der Waals surface area (Å²) in [5, 5.41) is 13.5. The van der Waals surface area contributed by atoms with Crippen molar-refractivity contribution in [1.29, 1.82) is 0 Å². The first kappa shape index (κ1) is 26.1. The molecule has 2 amide bonds. The van der Waals surface area contributed by atoms with Crippen LogP contribution in [-0.4, -0.2) is 55.5 Å². The summed E-state index contributed by atoms with van der Waals surface area (Å²) in [6, 6.07) is 10.1. The summed E-state index contributed by atoms with van der Waals surface area (Å²) in [6.45, 7) is 1.55. The summed E-state index contributed by atoms with van der Waals surface area (Å²) in [4.78, 5) is 61.0. The fraction of sp³-hybridized carbons (Fsp3) is 0.333. The number of anilines is 2. The normalized spacial score (nSPS) is 14.8. The molecule has 190 valence electrons. The minimum absolute atomic E-state index is 0.0419. The lowest BCUT2D eigenvalue weighted by Gasteiger charge is -2.17. The van der Waals surface area contributed by atoms with Crippen LogP contribution in [-0.2, 0) is 23.9 Å². The van der Waals surface area contributed by atoms with E-state index in [1.807, 2.05) is 6.92 Å². The van der Waals surface area contributed by atoms with E-state index >= 15 is 0 Å². The zero-order valence-electron chi connectivity index (χ0n) is 19.7. The van der Waals surface area contributed by atoms with Crippen molar-refractivity contribution < 1.29 is 38.3 Å². The molecule has 3 rings (SSSR count). The van der Waals surface area contributed by atoms with Gasteiger partial charge >= 0.3 is 11.9 Å². The lowest BCUT2D eigenvalue weighted by Crippen LogP contribution is -2.28. The number of nitro benzene ring substituents is 1. The van der Waals surface area contributed by atoms with Gasteiger partial charge in [-0.1, -0.05) is 6.92 Å². The Kier molecular flexibility index (Phi) is 8.55. The van der Waals surface area contributed by atoms with Crippen LogP contribution in [0.1, 0.15) is 30.1 Å². The van der Waals surface area contributed by atoms with Gasteiger partial charge < -0.3 is 24.4 Å². The standard InChI is InChI=1S/C24H25N3O9/c1-3-10-35-23(30)15-4-6-17(7-5-15)26-13-16(11-22(26)29)24(31)36-14-21(28)25-19-12-18(34-2)8-9-20(19)27(32)33/h4-9,12,16H,3,10-11,13-14H2,1-2H3,(H,25,28)/t16-/m0/s1. The molecule has 0 unspecified atom stereocenters. The number of carbonyl (C=O) groups excluding carboxylic acids is 4. The zero-order chi connectivity index (χ0) is 26.2. The highest BCUT2D eigenvalue weighted by Crippen LogP contribution is 2.29. The predicted octanol–water partition coefficient (Wildman–Crippen LogP) is 2.71. The van der Waals surface area contributed by atoms with E-state index in [4.69, 9.17) is 14.2 Å². The number of rotatable bonds is 10. The molecule has 0 radical (unpaired) electrons. The van der Waals surface area contributed by atoms with Gasteiger partial charge in [-0.3, -0.25) is 24.5 Å². The number of ether oxygens (including phenoxy) is 3. The molecule has 1 aliphatic rings. The average molecular weight is 499 g/mol. The van der Waals surface area contributed by atoms with Crippen LogP contribution in [0.2, 0.25) is 0 Å². The van der Waals surface area contributed by atoms with E-state index in [9.17, 15) is 29.3 Å². The van der Waals surface area contributed by atoms with Gasteiger partial charge in [0, 0.05) is 30.8 Å². The van der Waals surface area contributed by atoms with Crippen molar-refractivity contribution in [3.8, 4) is 5.75 Å². The van der Waals surface area contributed by atoms with Gasteiger partial charge in [-0.25, -0.2) is 4.79 Å². The first-order valence-electron chi connectivity index (χ1n) is 11.1. The molecule has 1 saturated heterocycles. The van der Waals surface area contributed by atoms with Crippen LogP contribution in [0.4, 0.5) is 17.1 Å². The van der Waals surface area contributed by atoms with Crippen LogP contribution >= 0.6 is 0 Å². The van der Waals surface area contributed by atoms with Crippen molar-refractivity contribution in [3.63, 3.8) is 0 Å². The van der Waals surface area contributed by atoms with Gasteiger partial charge in [0.05, 0.1) is 30.1 Å². The molecular weight excluding hydrogens is 474 g/mol. The van der Waals surface area contributed by atoms with Crippen LogP contribution < -0.4 is 15.0 Å². The molecule has 2 aromatic rings. The minimum atomic E-state index is -0.800. The number of benzene rings is 2. The Morgan fingerprint density at radius 3 is 2.50 bits per heavy atom. The SMILES string of the molecule is CCCOC(=O)c1ccc(N2C[C@@H](C(=O)OCC(=O)Nc3cc(OC)ccc3[N+](=O)[O-])CC2=O)cc1. The van der Waals surface area contributed by atoms with Crippen LogP contribution in [0.5, 0.6) is 5.75 Å². The molecule has 0 spiro atoms. The smallest absolute Gasteiger partial charge is 0.338 e. The fourth-order valence-corrected chi connectivity index (χ4v) is 3.51. The van der Waals surface area contributed by atoms with E-state index in [0.29, 0.717) is 30.0 Å². The Labute approximate surface area is 206 Å². The molecule has 36 heavy (non-hydrogen) atoms. The minimum Gasteiger partial charge on any atom is -0.497 e. The molecule has 12 heteroatoms. The van der Waals surface area contributed by atoms with Crippen LogP contribution in [0.3, 0.4) is 0 Å². The number of esters is 2. The Bertz CT molecular complexity index is 1160. The maximum Gasteiger partial charge on any atom is 0.338 e. The average Bonchev–Trinajstić information content (AvgIpc) is 3.27. The number of hydrogen-bond acceptors (Lipinski definition) is 9. The molecule has 1 atom stereocenters. The van der Waals surface area contributed by atoms with Gasteiger partial charge in [0.1, 0.15) is 11.4 Å². The van der Waals surface area contributed by atoms with E-state index in [1.54, 1.807) is 12.1 Å². The van der Waals surface area contributed by atoms with E-state index in [-0.39, 0.29) is 30.2 Å². The summed E-state index contributed by atoms with van der Waals surface area (Å²) in [5.41, 5.74) is 0.393. The highest BCUT2D eigenvalue weighted by Gasteiger charge is 2.36. The molecule has 1 heterocycles. The third kappa shape index (κ3) is 6.34. The van der Waals surface area contributed by atoms with Gasteiger partial charge in [-0.2, -0.15) is 0 Å². The van der Waals surface area contributed by atoms with Gasteiger partial charge in [-0.05, 0) is 36.8 Å². The molecule has 0 bridgehead atoms. The molecule has 0 aromatic heterocycles. The van der Waals surface area contributed by atoms with Crippen molar-refractivity contribution in [3.05, 3.63) is 58.1 Å². The Morgan fingerprint density at radius 1 is 1.14 bits per heavy atom. The Morgan fingerprint density at radius 2 is 1.86 bits per heavy atom. The largest absolute Gasteiger partial charge is 0.497 e. The number of hydrogen-bond donors (Lipinski definition) is 1. The second-order valence-corrected chi connectivity index (χ2v) is 7.88. The molecule has 1 aliphatic heterocycles. The lowest BCUT2D eigenvalue weighted by atomic mass is 10.1. The topological polar surface area (TPSA) is 154 Å². The number of nitrogens with zero attached hydrogens (tertiary/aromatic N) is 2. The summed E-state index contributed by atoms with van der Waals surface area (Å²) in [5.74, 6) is -2.81. The van der Waals surface area contributed by atoms with Crippen molar-refractivity contribution in [2.24, 2.45) is 5.92 Å². The Balaban J connectivity index is 1.55. The van der Waals surface area contributed by atoms with Gasteiger partial charge in [-0.15, -0.1) is 0 Å². The molecule has 12 nitrogen and oxygen atoms in total. The van der Waals surface area contributed by atoms with Crippen molar-refractivity contribution in [2.45, 2.75) is 19.8 Å². The summed E-state index contributed by atoms with van der Waals surface area (Å²) in [6.07, 6.45) is 0.592. The monoisotopic (exact) mass is 499 g/mol. The third-order valence-corrected chi connectivity index (χ3v) is 5.33. The van der Waals surface area contributed by atoms with Crippen LogP contribution in [0.25, 0.3) is 0 Å². The quantitative estimate of drug-likeness (QED) is 0.295. The number of nitrogens with one attached hydrogen (secondary N) is 1. The predicted molar refractivity (Wildman–Crippen MR) is 127 cm³/mol. The van der Waals surface area contributed by atoms with Crippen LogP contribution in [0, 0.1) is 16.0 Å². The van der Waals surface area contributed by atoms with Crippen molar-refractivity contribution in [2.75, 3.05) is 37.1 Å². The molecule has 1 N–H and O–H groups in total. The zero-order valence-corrected chi connectivity index (χ0v) is 19.7. The number of methoxy groups -OCH3 is 1. The fourth-order valence-electron chi connectivity index (χ4n) is 3.51.